The second-order valence-corrected chi connectivity index (χ2v) is 10.4. The lowest BCUT2D eigenvalue weighted by Gasteiger charge is -2.27. The first kappa shape index (κ1) is 20.5. The maximum absolute atomic E-state index is 12.6. The summed E-state index contributed by atoms with van der Waals surface area (Å²) in [5, 5.41) is 3.00. The summed E-state index contributed by atoms with van der Waals surface area (Å²) in [7, 11) is -3.59. The zero-order valence-electron chi connectivity index (χ0n) is 16.2. The van der Waals surface area contributed by atoms with E-state index in [4.69, 9.17) is 0 Å². The van der Waals surface area contributed by atoms with Crippen LogP contribution in [0, 0.1) is 12.8 Å². The quantitative estimate of drug-likeness (QED) is 0.797. The molecule has 1 N–H and O–H groups in total. The van der Waals surface area contributed by atoms with Crippen molar-refractivity contribution in [1.29, 1.82) is 0 Å². The molecule has 1 aliphatic heterocycles. The minimum atomic E-state index is -3.59. The molecule has 1 amide bonds. The van der Waals surface area contributed by atoms with Gasteiger partial charge >= 0.3 is 0 Å². The number of aryl methyl sites for hydroxylation is 1. The van der Waals surface area contributed by atoms with Gasteiger partial charge in [-0.3, -0.25) is 4.79 Å². The first-order valence-corrected chi connectivity index (χ1v) is 12.3. The lowest BCUT2D eigenvalue weighted by Crippen LogP contribution is -2.44. The van der Waals surface area contributed by atoms with Crippen molar-refractivity contribution in [1.82, 2.24) is 14.6 Å². The van der Waals surface area contributed by atoms with Crippen LogP contribution in [0.5, 0.6) is 0 Å². The van der Waals surface area contributed by atoms with Crippen molar-refractivity contribution in [2.75, 3.05) is 36.8 Å². The predicted molar refractivity (Wildman–Crippen MR) is 109 cm³/mol. The van der Waals surface area contributed by atoms with E-state index < -0.39 is 15.8 Å². The molecule has 2 fully saturated rings. The van der Waals surface area contributed by atoms with E-state index in [1.54, 1.807) is 16.2 Å². The Morgan fingerprint density at radius 3 is 2.63 bits per heavy atom. The lowest BCUT2D eigenvalue weighted by molar-refractivity contribution is -0.128. The molecule has 1 aliphatic carbocycles. The molecule has 2 heterocycles. The Hall–Kier alpha value is -1.19. The summed E-state index contributed by atoms with van der Waals surface area (Å²) >= 11 is 1.61. The van der Waals surface area contributed by atoms with E-state index >= 15 is 0 Å². The lowest BCUT2D eigenvalue weighted by atomic mass is 9.88. The van der Waals surface area contributed by atoms with Crippen LogP contribution in [0.25, 0.3) is 0 Å². The van der Waals surface area contributed by atoms with Crippen LogP contribution in [0.2, 0.25) is 0 Å². The highest BCUT2D eigenvalue weighted by Crippen LogP contribution is 2.24. The number of hydrogen-bond acceptors (Lipinski definition) is 6. The van der Waals surface area contributed by atoms with E-state index in [9.17, 15) is 13.2 Å². The van der Waals surface area contributed by atoms with Crippen molar-refractivity contribution in [3.8, 4) is 0 Å². The summed E-state index contributed by atoms with van der Waals surface area (Å²) < 4.78 is 27.6. The van der Waals surface area contributed by atoms with Crippen molar-refractivity contribution < 1.29 is 13.2 Å². The van der Waals surface area contributed by atoms with Crippen molar-refractivity contribution >= 4 is 32.4 Å². The van der Waals surface area contributed by atoms with E-state index in [2.05, 4.69) is 21.5 Å². The topological polar surface area (TPSA) is 82.6 Å². The SMILES string of the molecule is Cc1csc(N2CCCN(C(=O)CS(=O)(=O)NC3CCC(C)CC3)CC2)n1. The van der Waals surface area contributed by atoms with E-state index in [0.29, 0.717) is 25.6 Å². The summed E-state index contributed by atoms with van der Waals surface area (Å²) in [6.07, 6.45) is 4.62. The molecular formula is C18H30N4O3S2. The average Bonchev–Trinajstić information content (AvgIpc) is 2.89. The molecule has 0 spiro atoms. The summed E-state index contributed by atoms with van der Waals surface area (Å²) in [6.45, 7) is 6.82. The highest BCUT2D eigenvalue weighted by atomic mass is 32.2. The van der Waals surface area contributed by atoms with Gasteiger partial charge in [-0.25, -0.2) is 18.1 Å². The Kier molecular flexibility index (Phi) is 6.75. The number of rotatable bonds is 5. The Morgan fingerprint density at radius 1 is 1.22 bits per heavy atom. The largest absolute Gasteiger partial charge is 0.346 e. The molecule has 0 bridgehead atoms. The van der Waals surface area contributed by atoms with Crippen LogP contribution in [-0.2, 0) is 14.8 Å². The van der Waals surface area contributed by atoms with Gasteiger partial charge in [-0.2, -0.15) is 0 Å². The molecule has 3 rings (SSSR count). The number of carbonyl (C=O) groups is 1. The molecule has 152 valence electrons. The highest BCUT2D eigenvalue weighted by Gasteiger charge is 2.28. The van der Waals surface area contributed by atoms with Crippen LogP contribution < -0.4 is 9.62 Å². The van der Waals surface area contributed by atoms with Crippen LogP contribution in [0.15, 0.2) is 5.38 Å². The van der Waals surface area contributed by atoms with E-state index in [-0.39, 0.29) is 11.9 Å². The number of anilines is 1. The van der Waals surface area contributed by atoms with Gasteiger partial charge in [0.25, 0.3) is 0 Å². The molecule has 2 aliphatic rings. The van der Waals surface area contributed by atoms with Crippen molar-refractivity contribution in [3.05, 3.63) is 11.1 Å². The third-order valence-corrected chi connectivity index (χ3v) is 7.74. The third-order valence-electron chi connectivity index (χ3n) is 5.40. The Morgan fingerprint density at radius 2 is 1.96 bits per heavy atom. The zero-order valence-corrected chi connectivity index (χ0v) is 17.8. The molecule has 0 aromatic carbocycles. The molecule has 0 unspecified atom stereocenters. The highest BCUT2D eigenvalue weighted by molar-refractivity contribution is 7.90. The van der Waals surface area contributed by atoms with Gasteiger partial charge in [-0.15, -0.1) is 11.3 Å². The summed E-state index contributed by atoms with van der Waals surface area (Å²) in [6, 6.07) is -0.0215. The van der Waals surface area contributed by atoms with Crippen molar-refractivity contribution in [2.45, 2.75) is 52.0 Å². The second kappa shape index (κ2) is 8.87. The number of nitrogens with zero attached hydrogens (tertiary/aromatic N) is 3. The monoisotopic (exact) mass is 414 g/mol. The summed E-state index contributed by atoms with van der Waals surface area (Å²) in [5.41, 5.74) is 1.00. The maximum atomic E-state index is 12.6. The van der Waals surface area contributed by atoms with Gasteiger partial charge in [-0.05, 0) is 44.9 Å². The van der Waals surface area contributed by atoms with Gasteiger partial charge < -0.3 is 9.80 Å². The Labute approximate surface area is 166 Å². The van der Waals surface area contributed by atoms with E-state index in [0.717, 1.165) is 49.5 Å². The molecule has 1 saturated carbocycles. The summed E-state index contributed by atoms with van der Waals surface area (Å²) in [4.78, 5) is 21.0. The number of nitrogens with one attached hydrogen (secondary N) is 1. The minimum Gasteiger partial charge on any atom is -0.346 e. The zero-order chi connectivity index (χ0) is 19.4. The molecule has 1 saturated heterocycles. The number of carbonyl (C=O) groups excluding carboxylic acids is 1. The van der Waals surface area contributed by atoms with E-state index in [1.165, 1.54) is 0 Å². The van der Waals surface area contributed by atoms with Crippen molar-refractivity contribution in [3.63, 3.8) is 0 Å². The van der Waals surface area contributed by atoms with Crippen LogP contribution in [-0.4, -0.2) is 62.2 Å². The smallest absolute Gasteiger partial charge is 0.239 e. The minimum absolute atomic E-state index is 0.0215. The van der Waals surface area contributed by atoms with Gasteiger partial charge in [0.1, 0.15) is 5.75 Å². The van der Waals surface area contributed by atoms with Gasteiger partial charge in [0.05, 0.1) is 5.69 Å². The molecule has 1 aromatic heterocycles. The normalized spacial score (nSPS) is 24.7. The molecule has 27 heavy (non-hydrogen) atoms. The Balaban J connectivity index is 1.51. The molecule has 0 atom stereocenters. The number of thiazole rings is 1. The molecule has 1 aromatic rings. The van der Waals surface area contributed by atoms with Gasteiger partial charge in [0.2, 0.25) is 15.9 Å². The standard InChI is InChI=1S/C18H30N4O3S2/c1-14-4-6-16(7-5-14)20-27(24,25)13-17(23)21-8-3-9-22(11-10-21)18-19-15(2)12-26-18/h12,14,16,20H,3-11,13H2,1-2H3. The maximum Gasteiger partial charge on any atom is 0.239 e. The van der Waals surface area contributed by atoms with E-state index in [1.807, 2.05) is 12.3 Å². The summed E-state index contributed by atoms with van der Waals surface area (Å²) in [5.74, 6) is -0.0898. The first-order chi connectivity index (χ1) is 12.8. The fourth-order valence-corrected chi connectivity index (χ4v) is 5.96. The van der Waals surface area contributed by atoms with Gasteiger partial charge in [0, 0.05) is 37.6 Å². The fraction of sp³-hybridized carbons (Fsp3) is 0.778. The van der Waals surface area contributed by atoms with Crippen LogP contribution in [0.3, 0.4) is 0 Å². The number of hydrogen-bond donors (Lipinski definition) is 1. The predicted octanol–water partition coefficient (Wildman–Crippen LogP) is 1.99. The average molecular weight is 415 g/mol. The van der Waals surface area contributed by atoms with Gasteiger partial charge in [0.15, 0.2) is 5.13 Å². The number of amides is 1. The number of aromatic nitrogens is 1. The first-order valence-electron chi connectivity index (χ1n) is 9.77. The van der Waals surface area contributed by atoms with Gasteiger partial charge in [-0.1, -0.05) is 6.92 Å². The van der Waals surface area contributed by atoms with Crippen LogP contribution in [0.1, 0.15) is 44.7 Å². The van der Waals surface area contributed by atoms with Crippen molar-refractivity contribution in [2.24, 2.45) is 5.92 Å². The number of sulfonamides is 1. The van der Waals surface area contributed by atoms with Crippen LogP contribution >= 0.6 is 11.3 Å². The molecule has 0 radical (unpaired) electrons. The second-order valence-electron chi connectivity index (χ2n) is 7.83. The fourth-order valence-electron chi connectivity index (χ4n) is 3.77. The Bertz CT molecular complexity index is 742. The third kappa shape index (κ3) is 5.89. The van der Waals surface area contributed by atoms with Crippen LogP contribution in [0.4, 0.5) is 5.13 Å². The molecule has 9 heteroatoms. The molecule has 7 nitrogen and oxygen atoms in total. The molecular weight excluding hydrogens is 384 g/mol.